The van der Waals surface area contributed by atoms with Crippen LogP contribution < -0.4 is 0 Å². The largest absolute Gasteiger partial charge is 0.458 e. The normalized spacial score (nSPS) is 32.7. The van der Waals surface area contributed by atoms with Crippen LogP contribution in [0.2, 0.25) is 0 Å². The van der Waals surface area contributed by atoms with Crippen LogP contribution in [-0.2, 0) is 19.1 Å². The smallest absolute Gasteiger partial charge is 0.408 e. The van der Waals surface area contributed by atoms with Crippen molar-refractivity contribution in [3.05, 3.63) is 5.21 Å². The molecule has 96 valence electrons. The molecule has 3 atom stereocenters. The van der Waals surface area contributed by atoms with Gasteiger partial charge >= 0.3 is 11.7 Å². The van der Waals surface area contributed by atoms with Gasteiger partial charge in [0.25, 0.3) is 0 Å². The van der Waals surface area contributed by atoms with E-state index in [1.165, 1.54) is 0 Å². The van der Waals surface area contributed by atoms with Crippen LogP contribution in [-0.4, -0.2) is 42.0 Å². The molecule has 6 nitrogen and oxygen atoms in total. The van der Waals surface area contributed by atoms with E-state index in [0.29, 0.717) is 6.61 Å². The molecular weight excluding hydrogens is 226 g/mol. The van der Waals surface area contributed by atoms with Gasteiger partial charge in [-0.15, -0.1) is 0 Å². The van der Waals surface area contributed by atoms with E-state index in [1.807, 2.05) is 6.92 Å². The van der Waals surface area contributed by atoms with E-state index in [1.54, 1.807) is 6.92 Å². The molecule has 2 heterocycles. The lowest BCUT2D eigenvalue weighted by atomic mass is 9.86. The minimum atomic E-state index is -0.647. The molecule has 17 heavy (non-hydrogen) atoms. The van der Waals surface area contributed by atoms with Crippen molar-refractivity contribution in [2.75, 3.05) is 13.2 Å². The van der Waals surface area contributed by atoms with Crippen LogP contribution in [0.25, 0.3) is 0 Å². The fraction of sp³-hybridized carbons (Fsp3) is 0.818. The highest BCUT2D eigenvalue weighted by atomic mass is 16.9. The summed E-state index contributed by atoms with van der Waals surface area (Å²) in [6, 6.07) is 0. The van der Waals surface area contributed by atoms with Crippen LogP contribution >= 0.6 is 0 Å². The van der Waals surface area contributed by atoms with Gasteiger partial charge in [-0.2, -0.15) is 0 Å². The molecule has 0 aromatic heterocycles. The average molecular weight is 243 g/mol. The number of carbonyl (C=O) groups excluding carboxylic acids is 1. The van der Waals surface area contributed by atoms with Crippen molar-refractivity contribution in [3.63, 3.8) is 0 Å². The van der Waals surface area contributed by atoms with Crippen molar-refractivity contribution < 1.29 is 24.0 Å². The molecule has 6 heteroatoms. The third kappa shape index (κ3) is 2.22. The standard InChI is InChI=1S/C11H17NO5/c1-3-15-11(13)9-10-8(5-4-6-16-10)7(2)17-12(9)14/h7-8,10H,3-6H2,1-2H3/t7-,8-,10+/m1/s1. The molecule has 0 unspecified atom stereocenters. The summed E-state index contributed by atoms with van der Waals surface area (Å²) in [5.74, 6) is -0.598. The summed E-state index contributed by atoms with van der Waals surface area (Å²) in [6.45, 7) is 4.30. The predicted molar refractivity (Wildman–Crippen MR) is 58.3 cm³/mol. The maximum Gasteiger partial charge on any atom is 0.408 e. The Kier molecular flexibility index (Phi) is 3.51. The lowest BCUT2D eigenvalue weighted by Crippen LogP contribution is -2.53. The molecule has 0 radical (unpaired) electrons. The first-order valence-electron chi connectivity index (χ1n) is 5.94. The summed E-state index contributed by atoms with van der Waals surface area (Å²) in [4.78, 5) is 17.1. The molecule has 2 rings (SSSR count). The number of ether oxygens (including phenoxy) is 2. The first-order valence-corrected chi connectivity index (χ1v) is 5.94. The lowest BCUT2D eigenvalue weighted by Gasteiger charge is -2.38. The zero-order valence-corrected chi connectivity index (χ0v) is 10.0. The van der Waals surface area contributed by atoms with Gasteiger partial charge < -0.3 is 14.3 Å². The van der Waals surface area contributed by atoms with Gasteiger partial charge in [-0.05, 0) is 26.7 Å². The summed E-state index contributed by atoms with van der Waals surface area (Å²) in [5, 5.41) is 11.7. The Bertz CT molecular complexity index is 341. The second-order valence-corrected chi connectivity index (χ2v) is 4.27. The van der Waals surface area contributed by atoms with Gasteiger partial charge in [0.1, 0.15) is 0 Å². The third-order valence-corrected chi connectivity index (χ3v) is 3.18. The summed E-state index contributed by atoms with van der Waals surface area (Å²) < 4.78 is 10.4. The number of esters is 1. The molecule has 0 aliphatic carbocycles. The van der Waals surface area contributed by atoms with Crippen LogP contribution in [0.5, 0.6) is 0 Å². The Hall–Kier alpha value is -1.30. The van der Waals surface area contributed by atoms with Gasteiger partial charge in [0, 0.05) is 12.5 Å². The van der Waals surface area contributed by atoms with Crippen LogP contribution in [0.15, 0.2) is 0 Å². The molecular formula is C11H17NO5. The fourth-order valence-corrected chi connectivity index (χ4v) is 2.35. The van der Waals surface area contributed by atoms with Crippen molar-refractivity contribution in [2.24, 2.45) is 5.92 Å². The Morgan fingerprint density at radius 3 is 3.12 bits per heavy atom. The molecule has 1 saturated heterocycles. The van der Waals surface area contributed by atoms with Crippen molar-refractivity contribution >= 4 is 11.7 Å². The molecule has 1 fully saturated rings. The van der Waals surface area contributed by atoms with Crippen molar-refractivity contribution in [3.8, 4) is 0 Å². The lowest BCUT2D eigenvalue weighted by molar-refractivity contribution is -0.761. The summed E-state index contributed by atoms with van der Waals surface area (Å²) in [7, 11) is 0. The second kappa shape index (κ2) is 4.91. The van der Waals surface area contributed by atoms with Gasteiger partial charge in [0.15, 0.2) is 6.10 Å². The summed E-state index contributed by atoms with van der Waals surface area (Å²) in [5.41, 5.74) is -0.0605. The number of fused-ring (bicyclic) bond motifs is 1. The fourth-order valence-electron chi connectivity index (χ4n) is 2.35. The molecule has 0 amide bonds. The van der Waals surface area contributed by atoms with E-state index < -0.39 is 12.1 Å². The molecule has 0 spiro atoms. The maximum atomic E-state index is 11.7. The Labute approximate surface area is 99.7 Å². The number of hydrogen-bond acceptors (Lipinski definition) is 5. The first-order chi connectivity index (χ1) is 8.15. The van der Waals surface area contributed by atoms with Gasteiger partial charge in [0.2, 0.25) is 0 Å². The highest BCUT2D eigenvalue weighted by Crippen LogP contribution is 2.30. The summed E-state index contributed by atoms with van der Waals surface area (Å²) >= 11 is 0. The molecule has 0 N–H and O–H groups in total. The average Bonchev–Trinajstić information content (AvgIpc) is 2.29. The van der Waals surface area contributed by atoms with Crippen molar-refractivity contribution in [1.82, 2.24) is 0 Å². The van der Waals surface area contributed by atoms with Crippen molar-refractivity contribution in [2.45, 2.75) is 38.9 Å². The minimum Gasteiger partial charge on any atom is -0.458 e. The van der Waals surface area contributed by atoms with E-state index in [-0.39, 0.29) is 29.2 Å². The second-order valence-electron chi connectivity index (χ2n) is 4.27. The molecule has 2 aliphatic rings. The van der Waals surface area contributed by atoms with Crippen LogP contribution in [0.4, 0.5) is 0 Å². The molecule has 0 bridgehead atoms. The van der Waals surface area contributed by atoms with Crippen LogP contribution in [0.3, 0.4) is 0 Å². The minimum absolute atomic E-state index is 0.0494. The number of carbonyl (C=O) groups is 1. The van der Waals surface area contributed by atoms with Crippen LogP contribution in [0.1, 0.15) is 26.7 Å². The van der Waals surface area contributed by atoms with E-state index >= 15 is 0 Å². The van der Waals surface area contributed by atoms with E-state index in [4.69, 9.17) is 14.3 Å². The number of hydrogen-bond donors (Lipinski definition) is 0. The Morgan fingerprint density at radius 1 is 1.65 bits per heavy atom. The number of rotatable bonds is 2. The quantitative estimate of drug-likeness (QED) is 0.525. The predicted octanol–water partition coefficient (Wildman–Crippen LogP) is 0.630. The first kappa shape index (κ1) is 12.2. The number of nitrogens with zero attached hydrogens (tertiary/aromatic N) is 1. The third-order valence-electron chi connectivity index (χ3n) is 3.18. The van der Waals surface area contributed by atoms with Crippen molar-refractivity contribution in [1.29, 1.82) is 0 Å². The monoisotopic (exact) mass is 243 g/mol. The van der Waals surface area contributed by atoms with E-state index in [0.717, 1.165) is 12.8 Å². The Balaban J connectivity index is 2.26. The molecule has 0 aromatic rings. The molecule has 0 saturated carbocycles. The highest BCUT2D eigenvalue weighted by molar-refractivity contribution is 6.36. The van der Waals surface area contributed by atoms with E-state index in [9.17, 15) is 10.0 Å². The van der Waals surface area contributed by atoms with Crippen LogP contribution in [0, 0.1) is 11.1 Å². The topological polar surface area (TPSA) is 70.8 Å². The zero-order valence-electron chi connectivity index (χ0n) is 10.0. The Morgan fingerprint density at radius 2 is 2.41 bits per heavy atom. The van der Waals surface area contributed by atoms with Gasteiger partial charge in [-0.3, -0.25) is 5.21 Å². The van der Waals surface area contributed by atoms with Gasteiger partial charge in [-0.25, -0.2) is 4.79 Å². The zero-order chi connectivity index (χ0) is 12.4. The molecule has 0 aromatic carbocycles. The van der Waals surface area contributed by atoms with Gasteiger partial charge in [-0.1, -0.05) is 0 Å². The summed E-state index contributed by atoms with van der Waals surface area (Å²) in [6.07, 6.45) is 1.08. The van der Waals surface area contributed by atoms with E-state index in [2.05, 4.69) is 0 Å². The molecule has 2 aliphatic heterocycles. The van der Waals surface area contributed by atoms with Gasteiger partial charge in [0.05, 0.1) is 17.6 Å². The highest BCUT2D eigenvalue weighted by Gasteiger charge is 2.47. The maximum absolute atomic E-state index is 11.7. The SMILES string of the molecule is CCOC(=O)C1=[N+]([O-])O[C@H](C)[C@H]2CCCO[C@H]12.